The number of halogens is 1. The van der Waals surface area contributed by atoms with Gasteiger partial charge in [-0.2, -0.15) is 0 Å². The van der Waals surface area contributed by atoms with Crippen molar-refractivity contribution in [2.75, 3.05) is 13.2 Å². The summed E-state index contributed by atoms with van der Waals surface area (Å²) in [6.45, 7) is 1.95. The van der Waals surface area contributed by atoms with E-state index in [9.17, 15) is 9.18 Å². The third-order valence-corrected chi connectivity index (χ3v) is 6.32. The first kappa shape index (κ1) is 16.7. The molecule has 25 heavy (non-hydrogen) atoms. The summed E-state index contributed by atoms with van der Waals surface area (Å²) in [6, 6.07) is 10.5. The molecule has 4 rings (SSSR count). The van der Waals surface area contributed by atoms with Crippen LogP contribution in [0.5, 0.6) is 0 Å². The quantitative estimate of drug-likeness (QED) is 0.633. The maximum absolute atomic E-state index is 13.4. The van der Waals surface area contributed by atoms with E-state index in [-0.39, 0.29) is 17.8 Å². The Balaban J connectivity index is 1.60. The summed E-state index contributed by atoms with van der Waals surface area (Å²) in [5.41, 5.74) is 0. The topological polar surface area (TPSA) is 29.5 Å². The molecule has 1 aliphatic rings. The number of nitrogens with zero attached hydrogens (tertiary/aromatic N) is 1. The van der Waals surface area contributed by atoms with E-state index in [2.05, 4.69) is 0 Å². The van der Waals surface area contributed by atoms with E-state index in [1.807, 2.05) is 22.4 Å². The summed E-state index contributed by atoms with van der Waals surface area (Å²) in [7, 11) is 0. The molecule has 1 fully saturated rings. The average molecular weight is 375 g/mol. The Hall–Kier alpha value is -1.76. The minimum atomic E-state index is -0.279. The van der Waals surface area contributed by atoms with Crippen LogP contribution in [0.4, 0.5) is 4.39 Å². The molecule has 130 valence electrons. The van der Waals surface area contributed by atoms with Crippen LogP contribution in [0.15, 0.2) is 41.8 Å². The molecular formula is C19H18FNO2S2. The van der Waals surface area contributed by atoms with E-state index in [1.165, 1.54) is 23.5 Å². The van der Waals surface area contributed by atoms with Gasteiger partial charge in [0.05, 0.1) is 17.5 Å². The summed E-state index contributed by atoms with van der Waals surface area (Å²) >= 11 is 3.07. The Bertz CT molecular complexity index is 869. The average Bonchev–Trinajstić information content (AvgIpc) is 3.34. The fraction of sp³-hybridized carbons (Fsp3) is 0.316. The van der Waals surface area contributed by atoms with E-state index in [0.717, 1.165) is 34.4 Å². The van der Waals surface area contributed by atoms with Crippen LogP contribution in [0.25, 0.3) is 10.1 Å². The fourth-order valence-electron chi connectivity index (χ4n) is 3.12. The van der Waals surface area contributed by atoms with Crippen molar-refractivity contribution >= 4 is 38.7 Å². The summed E-state index contributed by atoms with van der Waals surface area (Å²) in [6.07, 6.45) is 2.15. The van der Waals surface area contributed by atoms with Crippen molar-refractivity contribution in [3.8, 4) is 0 Å². The molecule has 1 aromatic carbocycles. The van der Waals surface area contributed by atoms with Crippen molar-refractivity contribution < 1.29 is 13.9 Å². The molecule has 3 heterocycles. The maximum Gasteiger partial charge on any atom is 0.264 e. The highest BCUT2D eigenvalue weighted by atomic mass is 32.1. The van der Waals surface area contributed by atoms with Gasteiger partial charge in [-0.25, -0.2) is 4.39 Å². The first-order chi connectivity index (χ1) is 12.2. The number of ether oxygens (including phenoxy) is 1. The SMILES string of the molecule is O=C(c1cc2cc(F)ccc2s1)N(Cc1cccs1)CC1CCCO1. The van der Waals surface area contributed by atoms with Crippen molar-refractivity contribution in [3.63, 3.8) is 0 Å². The zero-order valence-electron chi connectivity index (χ0n) is 13.6. The Labute approximate surface area is 153 Å². The molecule has 0 radical (unpaired) electrons. The summed E-state index contributed by atoms with van der Waals surface area (Å²) in [4.78, 5) is 16.8. The number of hydrogen-bond donors (Lipinski definition) is 0. The molecule has 1 amide bonds. The van der Waals surface area contributed by atoms with Crippen LogP contribution in [0.3, 0.4) is 0 Å². The minimum Gasteiger partial charge on any atom is -0.376 e. The van der Waals surface area contributed by atoms with Crippen molar-refractivity contribution in [1.82, 2.24) is 4.90 Å². The highest BCUT2D eigenvalue weighted by Crippen LogP contribution is 2.28. The maximum atomic E-state index is 13.4. The van der Waals surface area contributed by atoms with Gasteiger partial charge in [-0.15, -0.1) is 22.7 Å². The van der Waals surface area contributed by atoms with Crippen LogP contribution in [0, 0.1) is 5.82 Å². The number of carbonyl (C=O) groups excluding carboxylic acids is 1. The third kappa shape index (κ3) is 3.76. The number of thiophene rings is 2. The van der Waals surface area contributed by atoms with Crippen LogP contribution >= 0.6 is 22.7 Å². The van der Waals surface area contributed by atoms with Gasteiger partial charge < -0.3 is 9.64 Å². The van der Waals surface area contributed by atoms with Crippen LogP contribution in [-0.4, -0.2) is 30.1 Å². The molecule has 0 spiro atoms. The zero-order valence-corrected chi connectivity index (χ0v) is 15.2. The third-order valence-electron chi connectivity index (χ3n) is 4.35. The van der Waals surface area contributed by atoms with Crippen LogP contribution < -0.4 is 0 Å². The van der Waals surface area contributed by atoms with Gasteiger partial charge in [0.2, 0.25) is 0 Å². The van der Waals surface area contributed by atoms with Crippen LogP contribution in [0.2, 0.25) is 0 Å². The Morgan fingerprint density at radius 2 is 2.24 bits per heavy atom. The van der Waals surface area contributed by atoms with Crippen LogP contribution in [0.1, 0.15) is 27.4 Å². The van der Waals surface area contributed by atoms with Crippen molar-refractivity contribution in [3.05, 3.63) is 57.3 Å². The van der Waals surface area contributed by atoms with Crippen LogP contribution in [-0.2, 0) is 11.3 Å². The second-order valence-corrected chi connectivity index (χ2v) is 8.31. The van der Waals surface area contributed by atoms with Gasteiger partial charge >= 0.3 is 0 Å². The second-order valence-electron chi connectivity index (χ2n) is 6.19. The van der Waals surface area contributed by atoms with Crippen molar-refractivity contribution in [2.45, 2.75) is 25.5 Å². The first-order valence-electron chi connectivity index (χ1n) is 8.31. The number of benzene rings is 1. The molecule has 0 N–H and O–H groups in total. The van der Waals surface area contributed by atoms with E-state index in [0.29, 0.717) is 18.0 Å². The van der Waals surface area contributed by atoms with Gasteiger partial charge in [0, 0.05) is 22.7 Å². The number of amides is 1. The molecular weight excluding hydrogens is 357 g/mol. The van der Waals surface area contributed by atoms with E-state index < -0.39 is 0 Å². The molecule has 2 aromatic heterocycles. The molecule has 1 saturated heterocycles. The highest BCUT2D eigenvalue weighted by molar-refractivity contribution is 7.20. The Kier molecular flexibility index (Phi) is 4.83. The Morgan fingerprint density at radius 3 is 3.00 bits per heavy atom. The lowest BCUT2D eigenvalue weighted by Gasteiger charge is -2.24. The predicted octanol–water partition coefficient (Wildman–Crippen LogP) is 4.92. The molecule has 0 bridgehead atoms. The molecule has 3 nitrogen and oxygen atoms in total. The molecule has 1 atom stereocenters. The largest absolute Gasteiger partial charge is 0.376 e. The van der Waals surface area contributed by atoms with Gasteiger partial charge in [-0.05, 0) is 53.9 Å². The lowest BCUT2D eigenvalue weighted by atomic mass is 10.2. The number of fused-ring (bicyclic) bond motifs is 1. The predicted molar refractivity (Wildman–Crippen MR) is 99.8 cm³/mol. The second kappa shape index (κ2) is 7.23. The fourth-order valence-corrected chi connectivity index (χ4v) is 4.85. The van der Waals surface area contributed by atoms with Gasteiger partial charge in [0.1, 0.15) is 5.82 Å². The molecule has 1 aliphatic heterocycles. The number of carbonyl (C=O) groups is 1. The van der Waals surface area contributed by atoms with Crippen molar-refractivity contribution in [1.29, 1.82) is 0 Å². The van der Waals surface area contributed by atoms with Gasteiger partial charge in [-0.3, -0.25) is 4.79 Å². The smallest absolute Gasteiger partial charge is 0.264 e. The highest BCUT2D eigenvalue weighted by Gasteiger charge is 2.25. The normalized spacial score (nSPS) is 17.2. The van der Waals surface area contributed by atoms with E-state index >= 15 is 0 Å². The monoisotopic (exact) mass is 375 g/mol. The van der Waals surface area contributed by atoms with Crippen molar-refractivity contribution in [2.24, 2.45) is 0 Å². The summed E-state index contributed by atoms with van der Waals surface area (Å²) in [5.74, 6) is -0.287. The molecule has 1 unspecified atom stereocenters. The zero-order chi connectivity index (χ0) is 17.2. The van der Waals surface area contributed by atoms with Gasteiger partial charge in [0.15, 0.2) is 0 Å². The molecule has 0 aliphatic carbocycles. The standard InChI is InChI=1S/C19H18FNO2S2/c20-14-5-6-17-13(9-14)10-18(25-17)19(22)21(11-15-3-1-7-23-15)12-16-4-2-8-24-16/h2,4-6,8-10,15H,1,3,7,11-12H2. The first-order valence-corrected chi connectivity index (χ1v) is 10.0. The minimum absolute atomic E-state index is 0.00879. The summed E-state index contributed by atoms with van der Waals surface area (Å²) < 4.78 is 20.1. The molecule has 6 heteroatoms. The summed E-state index contributed by atoms with van der Waals surface area (Å²) in [5, 5.41) is 2.80. The number of rotatable bonds is 5. The van der Waals surface area contributed by atoms with E-state index in [1.54, 1.807) is 23.5 Å². The van der Waals surface area contributed by atoms with Gasteiger partial charge in [-0.1, -0.05) is 6.07 Å². The molecule has 3 aromatic rings. The number of hydrogen-bond acceptors (Lipinski definition) is 4. The van der Waals surface area contributed by atoms with E-state index in [4.69, 9.17) is 4.74 Å². The lowest BCUT2D eigenvalue weighted by Crippen LogP contribution is -2.36. The lowest BCUT2D eigenvalue weighted by molar-refractivity contribution is 0.0513. The van der Waals surface area contributed by atoms with Gasteiger partial charge in [0.25, 0.3) is 5.91 Å². The molecule has 0 saturated carbocycles. The Morgan fingerprint density at radius 1 is 1.32 bits per heavy atom.